The lowest BCUT2D eigenvalue weighted by atomic mass is 9.75. The zero-order valence-electron chi connectivity index (χ0n) is 24.2. The number of hydrogen-bond acceptors (Lipinski definition) is 7. The second-order valence-electron chi connectivity index (χ2n) is 11.4. The molecule has 0 bridgehead atoms. The van der Waals surface area contributed by atoms with Crippen LogP contribution in [-0.4, -0.2) is 86.2 Å². The van der Waals surface area contributed by atoms with Crippen LogP contribution in [0.2, 0.25) is 0 Å². The van der Waals surface area contributed by atoms with E-state index in [-0.39, 0.29) is 18.6 Å². The Kier molecular flexibility index (Phi) is 10.2. The van der Waals surface area contributed by atoms with Crippen LogP contribution in [0.1, 0.15) is 36.8 Å². The summed E-state index contributed by atoms with van der Waals surface area (Å²) < 4.78 is 57.2. The van der Waals surface area contributed by atoms with Gasteiger partial charge < -0.3 is 19.3 Å². The number of nitrogens with zero attached hydrogens (tertiary/aromatic N) is 3. The summed E-state index contributed by atoms with van der Waals surface area (Å²) in [5.41, 5.74) is 3.29. The smallest absolute Gasteiger partial charge is 0.200 e. The molecule has 0 atom stereocenters. The average molecular weight is 588 g/mol. The van der Waals surface area contributed by atoms with Crippen molar-refractivity contribution in [3.8, 4) is 11.5 Å². The van der Waals surface area contributed by atoms with Crippen LogP contribution in [0.5, 0.6) is 11.5 Å². The van der Waals surface area contributed by atoms with Crippen LogP contribution in [0.15, 0.2) is 36.5 Å². The molecule has 2 aliphatic rings. The van der Waals surface area contributed by atoms with E-state index in [9.17, 15) is 18.3 Å². The number of piperidine rings is 1. The molecule has 2 saturated heterocycles. The number of ether oxygens (including phenoxy) is 3. The van der Waals surface area contributed by atoms with Gasteiger partial charge >= 0.3 is 0 Å². The quantitative estimate of drug-likeness (QED) is 0.300. The van der Waals surface area contributed by atoms with Gasteiger partial charge in [0.25, 0.3) is 0 Å². The third-order valence-corrected chi connectivity index (χ3v) is 8.78. The Morgan fingerprint density at radius 3 is 2.55 bits per heavy atom. The largest absolute Gasteiger partial charge is 0.497 e. The van der Waals surface area contributed by atoms with Gasteiger partial charge in [0.05, 0.1) is 25.8 Å². The Labute approximate surface area is 245 Å². The van der Waals surface area contributed by atoms with Crippen molar-refractivity contribution in [3.05, 3.63) is 65.1 Å². The number of benzene rings is 2. The number of aliphatic hydroxyl groups excluding tert-OH is 1. The lowest BCUT2D eigenvalue weighted by Gasteiger charge is -2.41. The van der Waals surface area contributed by atoms with Gasteiger partial charge in [-0.3, -0.25) is 14.8 Å². The maximum Gasteiger partial charge on any atom is 0.200 e. The minimum absolute atomic E-state index is 0.121. The lowest BCUT2D eigenvalue weighted by molar-refractivity contribution is 0.0312. The first-order chi connectivity index (χ1) is 20.4. The van der Waals surface area contributed by atoms with Crippen molar-refractivity contribution in [1.82, 2.24) is 14.8 Å². The topological polar surface area (TPSA) is 67.3 Å². The van der Waals surface area contributed by atoms with Crippen molar-refractivity contribution in [2.24, 2.45) is 5.41 Å². The van der Waals surface area contributed by atoms with Crippen molar-refractivity contribution in [2.75, 3.05) is 66.3 Å². The van der Waals surface area contributed by atoms with E-state index in [0.717, 1.165) is 101 Å². The fourth-order valence-electron chi connectivity index (χ4n) is 6.13. The molecule has 228 valence electrons. The van der Waals surface area contributed by atoms with E-state index < -0.39 is 23.2 Å². The summed E-state index contributed by atoms with van der Waals surface area (Å²) in [4.78, 5) is 9.34. The minimum atomic E-state index is -1.26. The van der Waals surface area contributed by atoms with Gasteiger partial charge in [0.2, 0.25) is 5.82 Å². The summed E-state index contributed by atoms with van der Waals surface area (Å²) >= 11 is 0. The third-order valence-electron chi connectivity index (χ3n) is 8.78. The predicted octanol–water partition coefficient (Wildman–Crippen LogP) is 4.97. The van der Waals surface area contributed by atoms with Crippen molar-refractivity contribution in [3.63, 3.8) is 0 Å². The fraction of sp³-hybridized carbons (Fsp3) is 0.531. The lowest BCUT2D eigenvalue weighted by Crippen LogP contribution is -2.43. The zero-order valence-corrected chi connectivity index (χ0v) is 24.2. The van der Waals surface area contributed by atoms with E-state index in [1.807, 2.05) is 18.3 Å². The predicted molar refractivity (Wildman–Crippen MR) is 154 cm³/mol. The normalized spacial score (nSPS) is 17.9. The summed E-state index contributed by atoms with van der Waals surface area (Å²) in [6, 6.07) is 7.38. The van der Waals surface area contributed by atoms with Gasteiger partial charge in [-0.25, -0.2) is 8.78 Å². The summed E-state index contributed by atoms with van der Waals surface area (Å²) in [5, 5.41) is 11.6. The van der Waals surface area contributed by atoms with Crippen molar-refractivity contribution in [2.45, 2.75) is 38.6 Å². The van der Waals surface area contributed by atoms with Crippen LogP contribution >= 0.6 is 0 Å². The molecule has 5 rings (SSSR count). The standard InChI is InChI=1S/C32H40F3N3O4/c1-40-25-4-5-29-27(19-25)26(23(20-36-29)21-38-11-14-41-15-12-38)3-2-6-32(22-39)7-9-37(10-8-32)13-16-42-30-18-24(33)17-28(34)31(30)35/h4-5,17-20,39H,2-3,6-16,21-22H2,1H3. The van der Waals surface area contributed by atoms with Gasteiger partial charge in [-0.05, 0) is 79.9 Å². The Hall–Kier alpha value is -2.92. The fourth-order valence-corrected chi connectivity index (χ4v) is 6.13. The van der Waals surface area contributed by atoms with Crippen LogP contribution in [0.25, 0.3) is 10.9 Å². The Morgan fingerprint density at radius 1 is 1.02 bits per heavy atom. The number of pyridine rings is 1. The maximum atomic E-state index is 13.9. The molecule has 10 heteroatoms. The molecule has 7 nitrogen and oxygen atoms in total. The van der Waals surface area contributed by atoms with Crippen LogP contribution in [-0.2, 0) is 17.7 Å². The van der Waals surface area contributed by atoms with E-state index in [4.69, 9.17) is 19.2 Å². The second-order valence-corrected chi connectivity index (χ2v) is 11.4. The molecular weight excluding hydrogens is 547 g/mol. The summed E-state index contributed by atoms with van der Waals surface area (Å²) in [7, 11) is 1.68. The molecule has 0 amide bonds. The zero-order chi connectivity index (χ0) is 29.5. The molecule has 0 aliphatic carbocycles. The molecule has 2 aromatic carbocycles. The Bertz CT molecular complexity index is 1340. The molecule has 1 aromatic heterocycles. The molecular formula is C32H40F3N3O4. The van der Waals surface area contributed by atoms with Crippen LogP contribution in [0, 0.1) is 22.9 Å². The highest BCUT2D eigenvalue weighted by atomic mass is 19.2. The summed E-state index contributed by atoms with van der Waals surface area (Å²) in [5.74, 6) is -2.92. The summed E-state index contributed by atoms with van der Waals surface area (Å²) in [6.45, 7) is 6.40. The van der Waals surface area contributed by atoms with Crippen LogP contribution in [0.3, 0.4) is 0 Å². The number of aliphatic hydroxyl groups is 1. The maximum absolute atomic E-state index is 13.9. The van der Waals surface area contributed by atoms with E-state index in [1.54, 1.807) is 7.11 Å². The molecule has 1 N–H and O–H groups in total. The number of rotatable bonds is 12. The molecule has 2 fully saturated rings. The van der Waals surface area contributed by atoms with E-state index in [2.05, 4.69) is 15.9 Å². The highest BCUT2D eigenvalue weighted by Crippen LogP contribution is 2.37. The Balaban J connectivity index is 1.19. The molecule has 2 aliphatic heterocycles. The Morgan fingerprint density at radius 2 is 1.81 bits per heavy atom. The van der Waals surface area contributed by atoms with Crippen LogP contribution < -0.4 is 9.47 Å². The van der Waals surface area contributed by atoms with Crippen LogP contribution in [0.4, 0.5) is 13.2 Å². The third kappa shape index (κ3) is 7.34. The van der Waals surface area contributed by atoms with Gasteiger partial charge in [-0.15, -0.1) is 0 Å². The van der Waals surface area contributed by atoms with Gasteiger partial charge in [-0.2, -0.15) is 4.39 Å². The van der Waals surface area contributed by atoms with Gasteiger partial charge in [0, 0.05) is 56.5 Å². The molecule has 42 heavy (non-hydrogen) atoms. The molecule has 3 heterocycles. The molecule has 0 saturated carbocycles. The van der Waals surface area contributed by atoms with Gasteiger partial charge in [0.15, 0.2) is 11.6 Å². The number of aryl methyl sites for hydroxylation is 1. The summed E-state index contributed by atoms with van der Waals surface area (Å²) in [6.07, 6.45) is 6.37. The van der Waals surface area contributed by atoms with Crippen molar-refractivity contribution in [1.29, 1.82) is 0 Å². The number of likely N-dealkylation sites (tertiary alicyclic amines) is 1. The number of fused-ring (bicyclic) bond motifs is 1. The molecule has 3 aromatic rings. The minimum Gasteiger partial charge on any atom is -0.497 e. The first-order valence-electron chi connectivity index (χ1n) is 14.7. The van der Waals surface area contributed by atoms with Crippen molar-refractivity contribution >= 4 is 10.9 Å². The first-order valence-corrected chi connectivity index (χ1v) is 14.7. The van der Waals surface area contributed by atoms with Gasteiger partial charge in [0.1, 0.15) is 18.2 Å². The number of methoxy groups -OCH3 is 1. The molecule has 0 radical (unpaired) electrons. The molecule has 0 spiro atoms. The molecule has 0 unspecified atom stereocenters. The number of morpholine rings is 1. The monoisotopic (exact) mass is 587 g/mol. The SMILES string of the molecule is COc1ccc2ncc(CN3CCOCC3)c(CCCC3(CO)CCN(CCOc4cc(F)cc(F)c4F)CC3)c2c1. The number of halogens is 3. The second kappa shape index (κ2) is 14.0. The van der Waals surface area contributed by atoms with E-state index in [1.165, 1.54) is 11.1 Å². The van der Waals surface area contributed by atoms with E-state index >= 15 is 0 Å². The average Bonchev–Trinajstić information content (AvgIpc) is 3.01. The highest BCUT2D eigenvalue weighted by Gasteiger charge is 2.33. The highest BCUT2D eigenvalue weighted by molar-refractivity contribution is 5.84. The number of hydrogen-bond donors (Lipinski definition) is 1. The van der Waals surface area contributed by atoms with Crippen molar-refractivity contribution < 1.29 is 32.5 Å². The number of aromatic nitrogens is 1. The van der Waals surface area contributed by atoms with Gasteiger partial charge in [-0.1, -0.05) is 0 Å². The first kappa shape index (κ1) is 30.5. The van der Waals surface area contributed by atoms with E-state index in [0.29, 0.717) is 12.6 Å².